The minimum atomic E-state index is -1.16. The molecule has 0 fully saturated rings. The molecule has 0 bridgehead atoms. The molecular formula is C34H43N5O6. The van der Waals surface area contributed by atoms with Crippen LogP contribution in [0.4, 0.5) is 9.59 Å². The Kier molecular flexibility index (Phi) is 14.9. The highest BCUT2D eigenvalue weighted by Crippen LogP contribution is 2.23. The summed E-state index contributed by atoms with van der Waals surface area (Å²) in [6.45, 7) is 1.13. The number of amides is 4. The fourth-order valence-corrected chi connectivity index (χ4v) is 4.69. The van der Waals surface area contributed by atoms with E-state index in [9.17, 15) is 24.3 Å². The van der Waals surface area contributed by atoms with Gasteiger partial charge in [0.15, 0.2) is 0 Å². The molecule has 11 nitrogen and oxygen atoms in total. The van der Waals surface area contributed by atoms with E-state index in [4.69, 9.17) is 10.5 Å². The van der Waals surface area contributed by atoms with E-state index in [1.807, 2.05) is 84.9 Å². The minimum Gasteiger partial charge on any atom is -0.480 e. The summed E-state index contributed by atoms with van der Waals surface area (Å²) < 4.78 is 5.22. The number of aliphatic carboxylic acids is 1. The van der Waals surface area contributed by atoms with Crippen molar-refractivity contribution in [3.63, 3.8) is 0 Å². The van der Waals surface area contributed by atoms with Gasteiger partial charge in [-0.25, -0.2) is 14.4 Å². The van der Waals surface area contributed by atoms with Gasteiger partial charge >= 0.3 is 18.1 Å². The zero-order valence-electron chi connectivity index (χ0n) is 25.4. The molecular weight excluding hydrogens is 574 g/mol. The molecule has 2 atom stereocenters. The largest absolute Gasteiger partial charge is 0.480 e. The summed E-state index contributed by atoms with van der Waals surface area (Å²) >= 11 is 0. The number of alkyl carbamates (subject to hydrolysis) is 1. The predicted molar refractivity (Wildman–Crippen MR) is 172 cm³/mol. The molecule has 0 unspecified atom stereocenters. The maximum Gasteiger partial charge on any atom is 0.407 e. The number of carbonyl (C=O) groups is 4. The van der Waals surface area contributed by atoms with Crippen LogP contribution in [0.3, 0.4) is 0 Å². The number of carbonyl (C=O) groups excluding carboxylic acids is 3. The molecule has 0 aromatic heterocycles. The molecule has 0 aliphatic rings. The summed E-state index contributed by atoms with van der Waals surface area (Å²) in [6, 6.07) is 24.1. The highest BCUT2D eigenvalue weighted by Gasteiger charge is 2.24. The third-order valence-corrected chi connectivity index (χ3v) is 7.13. The van der Waals surface area contributed by atoms with Crippen molar-refractivity contribution in [2.75, 3.05) is 13.1 Å². The Bertz CT molecular complexity index is 1360. The lowest BCUT2D eigenvalue weighted by molar-refractivity contribution is -0.139. The van der Waals surface area contributed by atoms with Gasteiger partial charge in [-0.1, -0.05) is 84.9 Å². The van der Waals surface area contributed by atoms with Crippen LogP contribution < -0.4 is 27.0 Å². The number of benzene rings is 3. The third-order valence-electron chi connectivity index (χ3n) is 7.13. The van der Waals surface area contributed by atoms with Crippen LogP contribution in [-0.2, 0) is 27.5 Å². The smallest absolute Gasteiger partial charge is 0.407 e. The lowest BCUT2D eigenvalue weighted by atomic mass is 9.99. The zero-order chi connectivity index (χ0) is 32.3. The van der Waals surface area contributed by atoms with Gasteiger partial charge in [0.25, 0.3) is 0 Å². The van der Waals surface area contributed by atoms with Gasteiger partial charge in [0.2, 0.25) is 5.91 Å². The number of hydrogen-bond donors (Lipinski definition) is 6. The molecule has 0 saturated carbocycles. The number of unbranched alkanes of at least 4 members (excludes halogenated alkanes) is 2. The standard InChI is InChI=1S/C34H43N5O6/c35-21-11-9-20-30(32(41)42)39-33(43)38-29(19-10-12-22-36-34(44)45-24-25-13-3-1-4-14-25)31(40)37-23-27-17-7-8-18-28(27)26-15-5-2-6-16-26/h1-8,13-18,29-30H,9-12,19-24,35H2,(H,36,44)(H,37,40)(H,41,42)(H2,38,39,43)/t29-,30+/m1/s1. The van der Waals surface area contributed by atoms with Gasteiger partial charge in [-0.15, -0.1) is 0 Å². The molecule has 0 aliphatic heterocycles. The first-order chi connectivity index (χ1) is 21.9. The van der Waals surface area contributed by atoms with Gasteiger partial charge in [0, 0.05) is 13.1 Å². The molecule has 3 rings (SSSR count). The van der Waals surface area contributed by atoms with E-state index in [1.54, 1.807) is 0 Å². The molecule has 0 heterocycles. The van der Waals surface area contributed by atoms with Crippen molar-refractivity contribution in [3.8, 4) is 11.1 Å². The number of carboxylic acid groups (broad SMARTS) is 1. The topological polar surface area (TPSA) is 172 Å². The van der Waals surface area contributed by atoms with E-state index in [-0.39, 0.29) is 26.0 Å². The van der Waals surface area contributed by atoms with Crippen LogP contribution in [0.1, 0.15) is 49.7 Å². The average molecular weight is 618 g/mol. The number of nitrogens with one attached hydrogen (secondary N) is 4. The molecule has 0 spiro atoms. The predicted octanol–water partition coefficient (Wildman–Crippen LogP) is 4.32. The van der Waals surface area contributed by atoms with Crippen LogP contribution in [0.2, 0.25) is 0 Å². The van der Waals surface area contributed by atoms with Crippen molar-refractivity contribution in [3.05, 3.63) is 96.1 Å². The van der Waals surface area contributed by atoms with Gasteiger partial charge in [-0.2, -0.15) is 0 Å². The van der Waals surface area contributed by atoms with Crippen LogP contribution in [0, 0.1) is 0 Å². The summed E-state index contributed by atoms with van der Waals surface area (Å²) in [6.07, 6.45) is 2.15. The van der Waals surface area contributed by atoms with E-state index in [1.165, 1.54) is 0 Å². The highest BCUT2D eigenvalue weighted by molar-refractivity contribution is 5.89. The lowest BCUT2D eigenvalue weighted by Crippen LogP contribution is -2.53. The number of nitrogens with two attached hydrogens (primary N) is 1. The van der Waals surface area contributed by atoms with Crippen molar-refractivity contribution in [1.29, 1.82) is 0 Å². The van der Waals surface area contributed by atoms with Crippen LogP contribution >= 0.6 is 0 Å². The molecule has 0 aliphatic carbocycles. The van der Waals surface area contributed by atoms with E-state index < -0.39 is 36.1 Å². The summed E-state index contributed by atoms with van der Waals surface area (Å²) in [7, 11) is 0. The zero-order valence-corrected chi connectivity index (χ0v) is 25.4. The summed E-state index contributed by atoms with van der Waals surface area (Å²) in [5.41, 5.74) is 9.28. The maximum atomic E-state index is 13.3. The minimum absolute atomic E-state index is 0.158. The average Bonchev–Trinajstić information content (AvgIpc) is 3.06. The summed E-state index contributed by atoms with van der Waals surface area (Å²) in [5.74, 6) is -1.57. The second kappa shape index (κ2) is 19.4. The van der Waals surface area contributed by atoms with Gasteiger partial charge in [0.1, 0.15) is 18.7 Å². The molecule has 240 valence electrons. The van der Waals surface area contributed by atoms with E-state index in [0.717, 1.165) is 22.3 Å². The Balaban J connectivity index is 1.56. The Morgan fingerprint density at radius 2 is 1.36 bits per heavy atom. The SMILES string of the molecule is NCCCC[C@H](NC(=O)N[C@H](CCCCNC(=O)OCc1ccccc1)C(=O)NCc1ccccc1-c1ccccc1)C(=O)O. The second-order valence-corrected chi connectivity index (χ2v) is 10.6. The molecule has 4 amide bonds. The molecule has 3 aromatic rings. The van der Waals surface area contributed by atoms with Gasteiger partial charge in [-0.05, 0) is 67.3 Å². The normalized spacial score (nSPS) is 11.9. The first-order valence-electron chi connectivity index (χ1n) is 15.2. The first-order valence-corrected chi connectivity index (χ1v) is 15.2. The van der Waals surface area contributed by atoms with Crippen molar-refractivity contribution >= 4 is 24.0 Å². The Morgan fingerprint density at radius 3 is 2.07 bits per heavy atom. The molecule has 45 heavy (non-hydrogen) atoms. The Labute approximate surface area is 263 Å². The van der Waals surface area contributed by atoms with E-state index in [0.29, 0.717) is 38.8 Å². The lowest BCUT2D eigenvalue weighted by Gasteiger charge is -2.21. The number of urea groups is 1. The Morgan fingerprint density at radius 1 is 0.733 bits per heavy atom. The molecule has 7 N–H and O–H groups in total. The number of rotatable bonds is 18. The monoisotopic (exact) mass is 617 g/mol. The fraction of sp³-hybridized carbons (Fsp3) is 0.353. The van der Waals surface area contributed by atoms with Crippen LogP contribution in [0.15, 0.2) is 84.9 Å². The van der Waals surface area contributed by atoms with E-state index >= 15 is 0 Å². The Hall–Kier alpha value is -4.90. The fourth-order valence-electron chi connectivity index (χ4n) is 4.69. The highest BCUT2D eigenvalue weighted by atomic mass is 16.5. The molecule has 11 heteroatoms. The van der Waals surface area contributed by atoms with Gasteiger partial charge < -0.3 is 36.8 Å². The van der Waals surface area contributed by atoms with Crippen LogP contribution in [-0.4, -0.2) is 54.3 Å². The summed E-state index contributed by atoms with van der Waals surface area (Å²) in [4.78, 5) is 49.9. The molecule has 0 saturated heterocycles. The quantitative estimate of drug-likeness (QED) is 0.115. The third kappa shape index (κ3) is 12.7. The van der Waals surface area contributed by atoms with Crippen LogP contribution in [0.25, 0.3) is 11.1 Å². The van der Waals surface area contributed by atoms with Crippen molar-refractivity contribution in [1.82, 2.24) is 21.3 Å². The molecule has 3 aromatic carbocycles. The maximum absolute atomic E-state index is 13.3. The summed E-state index contributed by atoms with van der Waals surface area (Å²) in [5, 5.41) is 20.3. The van der Waals surface area contributed by atoms with Gasteiger partial charge in [0.05, 0.1) is 0 Å². The van der Waals surface area contributed by atoms with Crippen LogP contribution in [0.5, 0.6) is 0 Å². The van der Waals surface area contributed by atoms with Crippen molar-refractivity contribution in [2.24, 2.45) is 5.73 Å². The number of ether oxygens (including phenoxy) is 1. The van der Waals surface area contributed by atoms with Crippen molar-refractivity contribution in [2.45, 2.75) is 63.8 Å². The van der Waals surface area contributed by atoms with E-state index in [2.05, 4.69) is 21.3 Å². The number of hydrogen-bond acceptors (Lipinski definition) is 6. The van der Waals surface area contributed by atoms with Gasteiger partial charge in [-0.3, -0.25) is 4.79 Å². The molecule has 0 radical (unpaired) electrons. The first kappa shape index (κ1) is 34.6. The number of carboxylic acids is 1. The second-order valence-electron chi connectivity index (χ2n) is 10.6. The van der Waals surface area contributed by atoms with Crippen molar-refractivity contribution < 1.29 is 29.0 Å².